The molecular weight excluding hydrogens is 919 g/mol. The number of epoxide rings is 1. The number of carbonyl (C=O) groups is 2. The van der Waals surface area contributed by atoms with E-state index in [4.69, 9.17) is 4.74 Å². The van der Waals surface area contributed by atoms with Gasteiger partial charge < -0.3 is 55.6 Å². The summed E-state index contributed by atoms with van der Waals surface area (Å²) in [5, 5.41) is 110. The number of amides is 1. The first-order valence-corrected chi connectivity index (χ1v) is 28.5. The Kier molecular flexibility index (Phi) is 11.8. The van der Waals surface area contributed by atoms with E-state index in [0.29, 0.717) is 87.1 Å². The first kappa shape index (κ1) is 49.2. The van der Waals surface area contributed by atoms with Crippen LogP contribution in [-0.4, -0.2) is 130 Å². The van der Waals surface area contributed by atoms with Crippen LogP contribution in [0.4, 0.5) is 5.69 Å². The van der Waals surface area contributed by atoms with Crippen molar-refractivity contribution in [2.75, 3.05) is 30.4 Å². The van der Waals surface area contributed by atoms with Gasteiger partial charge in [-0.15, -0.1) is 0 Å². The van der Waals surface area contributed by atoms with Crippen LogP contribution in [0.2, 0.25) is 0 Å². The van der Waals surface area contributed by atoms with E-state index in [2.05, 4.69) is 26.8 Å². The summed E-state index contributed by atoms with van der Waals surface area (Å²) >= 11 is 0. The summed E-state index contributed by atoms with van der Waals surface area (Å²) in [6.07, 6.45) is 7.87. The number of allylic oxidation sites excluding steroid dienone is 2. The number of benzene rings is 1. The minimum absolute atomic E-state index is 0.0303. The van der Waals surface area contributed by atoms with E-state index in [1.54, 1.807) is 23.1 Å². The van der Waals surface area contributed by atoms with Crippen LogP contribution in [0.15, 0.2) is 42.0 Å². The lowest BCUT2D eigenvalue weighted by Gasteiger charge is -2.68. The molecule has 5 aliphatic heterocycles. The molecule has 7 fully saturated rings. The maximum atomic E-state index is 15.8. The fraction of sp³-hybridized carbons (Fsp3) is 0.778. The van der Waals surface area contributed by atoms with E-state index in [0.717, 1.165) is 22.8 Å². The van der Waals surface area contributed by atoms with Gasteiger partial charge in [-0.2, -0.15) is 0 Å². The van der Waals surface area contributed by atoms with Crippen LogP contribution in [0.1, 0.15) is 117 Å². The number of ether oxygens (including phenoxy) is 1. The number of rotatable bonds is 5. The van der Waals surface area contributed by atoms with Crippen LogP contribution in [0.25, 0.3) is 0 Å². The number of aliphatic hydroxyl groups excluding tert-OH is 5. The van der Waals surface area contributed by atoms with Crippen LogP contribution < -0.4 is 4.90 Å². The van der Waals surface area contributed by atoms with Gasteiger partial charge in [-0.25, -0.2) is 0 Å². The molecule has 19 atom stereocenters. The molecule has 0 unspecified atom stereocenters. The van der Waals surface area contributed by atoms with Crippen molar-refractivity contribution in [2.24, 2.45) is 68.5 Å². The molecule has 1 amide bonds. The highest BCUT2D eigenvalue weighted by Gasteiger charge is 2.79. The highest BCUT2D eigenvalue weighted by molar-refractivity contribution is 8.76. The van der Waals surface area contributed by atoms with Crippen molar-refractivity contribution in [1.29, 1.82) is 0 Å². The number of ketones is 1. The number of phenolic OH excluding ortho intramolecular Hbond substituents is 1. The number of fused-ring (bicyclic) bond motifs is 1. The second-order valence-electron chi connectivity index (χ2n) is 24.6. The number of aliphatic hydroxyl groups is 8. The van der Waals surface area contributed by atoms with Crippen molar-refractivity contribution in [3.05, 3.63) is 47.6 Å². The van der Waals surface area contributed by atoms with Gasteiger partial charge in [0.1, 0.15) is 28.5 Å². The molecule has 0 aromatic heterocycles. The summed E-state index contributed by atoms with van der Waals surface area (Å²) in [7, 11) is 2.46. The number of aromatic hydroxyl groups is 1. The van der Waals surface area contributed by atoms with Crippen LogP contribution in [0, 0.1) is 68.5 Å². The maximum absolute atomic E-state index is 15.8. The van der Waals surface area contributed by atoms with E-state index in [1.165, 1.54) is 10.8 Å². The summed E-state index contributed by atoms with van der Waals surface area (Å²) in [6, 6.07) is 5.26. The molecule has 7 aliphatic carbocycles. The number of anilines is 1. The molecule has 4 spiro atoms. The average Bonchev–Trinajstić information content (AvgIpc) is 3.89. The van der Waals surface area contributed by atoms with E-state index in [9.17, 15) is 46.0 Å². The highest BCUT2D eigenvalue weighted by atomic mass is 33.1. The molecule has 5 heterocycles. The standard InChI is InChI=1S/C54H75NO12S2/c1-29(2)30(3)43-44(67-43)52(65)15-6-10-32-20-37-38-22-41(60)51(23-42(61)49(64,28-57)26-47(37,51)4)46(63)69-68-25-34-9-5-8-33(24-56)54(34)45(62)55(27-48(54)14-7-11-40(48)59)35-18-31(19-36(58)21-35)12-16-50(32)39(52)13-17-53(38,50)66/h6,10,18-19,21-22,29-30,32-34,37,39-40,42-44,46,56-59,61,63-66H,5,7-9,11-17,20,23-28H2,1-4H3/t30-,32-,33-,34+,37+,39+,40+,42-,43+,44-,46+,47-,48-,49-,50-,51+,52-,53-,54-/m1/s1. The highest BCUT2D eigenvalue weighted by Crippen LogP contribution is 2.77. The Morgan fingerprint density at radius 1 is 0.942 bits per heavy atom. The topological polar surface area (TPSA) is 232 Å². The molecule has 13 nitrogen and oxygen atoms in total. The minimum Gasteiger partial charge on any atom is -0.508 e. The molecule has 1 aromatic carbocycles. The first-order chi connectivity index (χ1) is 32.7. The third-order valence-electron chi connectivity index (χ3n) is 22.0. The lowest BCUT2D eigenvalue weighted by atomic mass is 9.38. The van der Waals surface area contributed by atoms with Gasteiger partial charge in [0.05, 0.1) is 41.3 Å². The third-order valence-corrected chi connectivity index (χ3v) is 24.6. The van der Waals surface area contributed by atoms with Crippen molar-refractivity contribution in [2.45, 2.75) is 164 Å². The lowest BCUT2D eigenvalue weighted by Crippen LogP contribution is -2.72. The molecular formula is C54H75NO12S2. The van der Waals surface area contributed by atoms with E-state index >= 15 is 9.59 Å². The smallest absolute Gasteiger partial charge is 0.234 e. The van der Waals surface area contributed by atoms with E-state index in [1.807, 2.05) is 19.1 Å². The average molecular weight is 994 g/mol. The fourth-order valence-corrected chi connectivity index (χ4v) is 21.4. The van der Waals surface area contributed by atoms with Crippen LogP contribution in [0.3, 0.4) is 0 Å². The number of aryl methyl sites for hydroxylation is 1. The number of nitrogens with zero attached hydrogens (tertiary/aromatic N) is 1. The number of hydrogen-bond acceptors (Lipinski definition) is 14. The normalized spacial score (nSPS) is 50.6. The second kappa shape index (κ2) is 16.5. The SMILES string of the molecule is CC(C)[C@@H](C)[C@@H]1O[C@H]1[C@@]1(O)CC=C[C@@H]2C[C@H]3C4=CC(=O)[C@@]5(C[C@@H](O)[C@](O)(CO)C[C@]35C)[C@@H](O)SSC[C@@H]3CCC[C@H](CO)[C@]35C(=O)N(C[C@@]53CCC[C@@H]3O)c3cc(O)cc(c3)CC[C@]23[C@@H]1CC[C@@]43O. The predicted molar refractivity (Wildman–Crippen MR) is 261 cm³/mol. The zero-order valence-corrected chi connectivity index (χ0v) is 42.3. The summed E-state index contributed by atoms with van der Waals surface area (Å²) in [5.41, 5.74) is -10.9. The summed E-state index contributed by atoms with van der Waals surface area (Å²) in [5.74, 6) is -2.15. The Labute approximate surface area is 414 Å². The Morgan fingerprint density at radius 3 is 2.43 bits per heavy atom. The monoisotopic (exact) mass is 993 g/mol. The zero-order valence-electron chi connectivity index (χ0n) is 40.6. The van der Waals surface area contributed by atoms with Crippen LogP contribution in [0.5, 0.6) is 5.75 Å². The predicted octanol–water partition coefficient (Wildman–Crippen LogP) is 5.21. The van der Waals surface area contributed by atoms with Gasteiger partial charge in [0.25, 0.3) is 0 Å². The summed E-state index contributed by atoms with van der Waals surface area (Å²) < 4.78 is 6.49. The second-order valence-corrected chi connectivity index (χ2v) is 27.1. The molecule has 15 heteroatoms. The number of hydrogen-bond donors (Lipinski definition) is 9. The summed E-state index contributed by atoms with van der Waals surface area (Å²) in [6.45, 7) is 7.52. The van der Waals surface area contributed by atoms with Gasteiger partial charge in [0.15, 0.2) is 5.78 Å². The molecule has 380 valence electrons. The number of phenols is 1. The van der Waals surface area contributed by atoms with Gasteiger partial charge in [0, 0.05) is 47.4 Å². The molecule has 0 radical (unpaired) electrons. The van der Waals surface area contributed by atoms with Crippen molar-refractivity contribution in [3.8, 4) is 5.75 Å². The first-order valence-electron chi connectivity index (χ1n) is 26.1. The minimum atomic E-state index is -2.01. The van der Waals surface area contributed by atoms with Crippen LogP contribution >= 0.6 is 21.6 Å². The fourth-order valence-electron chi connectivity index (χ4n) is 18.3. The number of carbonyl (C=O) groups excluding carboxylic acids is 2. The quantitative estimate of drug-likeness (QED) is 0.105. The molecule has 5 saturated carbocycles. The molecule has 1 aromatic rings. The molecule has 2 saturated heterocycles. The van der Waals surface area contributed by atoms with Crippen molar-refractivity contribution in [1.82, 2.24) is 0 Å². The largest absolute Gasteiger partial charge is 0.508 e. The molecule has 8 bridgehead atoms. The maximum Gasteiger partial charge on any atom is 0.234 e. The Morgan fingerprint density at radius 2 is 1.72 bits per heavy atom. The Hall–Kier alpha value is -2.02. The van der Waals surface area contributed by atoms with E-state index in [-0.39, 0.29) is 67.9 Å². The molecule has 13 rings (SSSR count). The molecule has 9 N–H and O–H groups in total. The van der Waals surface area contributed by atoms with Crippen LogP contribution in [-0.2, 0) is 20.7 Å². The van der Waals surface area contributed by atoms with Crippen molar-refractivity contribution >= 4 is 39.0 Å². The summed E-state index contributed by atoms with van der Waals surface area (Å²) in [4.78, 5) is 33.2. The zero-order chi connectivity index (χ0) is 49.1. The van der Waals surface area contributed by atoms with Gasteiger partial charge in [-0.1, -0.05) is 74.3 Å². The van der Waals surface area contributed by atoms with Crippen molar-refractivity contribution in [3.63, 3.8) is 0 Å². The van der Waals surface area contributed by atoms with E-state index < -0.39 is 97.8 Å². The molecule has 69 heavy (non-hydrogen) atoms. The molecule has 12 aliphatic rings. The van der Waals surface area contributed by atoms with Crippen molar-refractivity contribution < 1.29 is 60.3 Å². The Bertz CT molecular complexity index is 2330. The van der Waals surface area contributed by atoms with Gasteiger partial charge >= 0.3 is 0 Å². The Balaban J connectivity index is 1.12. The van der Waals surface area contributed by atoms with Gasteiger partial charge in [0.2, 0.25) is 5.91 Å². The van der Waals surface area contributed by atoms with Gasteiger partial charge in [-0.05, 0) is 147 Å². The third kappa shape index (κ3) is 6.24. The lowest BCUT2D eigenvalue weighted by molar-refractivity contribution is -0.235. The van der Waals surface area contributed by atoms with Gasteiger partial charge in [-0.3, -0.25) is 9.59 Å².